The standard InChI is InChI=1S/C26H33N3O5S/c1-5-34-23-11-7-6-10-21(23)27-24(30)17-29-22-13-12-19(15-20(22)26(3,4)25(29)31)35(32,33)28-14-8-9-18(2)16-28/h6-7,10-13,15,18H,5,8-9,14,16-17H2,1-4H3,(H,27,30)/t18-/m1/s1. The first-order valence-corrected chi connectivity index (χ1v) is 13.5. The lowest BCUT2D eigenvalue weighted by molar-refractivity contribution is -0.124. The van der Waals surface area contributed by atoms with Gasteiger partial charge in [-0.2, -0.15) is 4.31 Å². The van der Waals surface area contributed by atoms with Crippen LogP contribution in [0.3, 0.4) is 0 Å². The Kier molecular flexibility index (Phi) is 6.92. The number of hydrogen-bond acceptors (Lipinski definition) is 5. The number of anilines is 2. The molecule has 1 saturated heterocycles. The number of rotatable bonds is 7. The monoisotopic (exact) mass is 499 g/mol. The largest absolute Gasteiger partial charge is 0.492 e. The van der Waals surface area contributed by atoms with Crippen molar-refractivity contribution in [3.05, 3.63) is 48.0 Å². The van der Waals surface area contributed by atoms with Gasteiger partial charge in [-0.1, -0.05) is 19.1 Å². The van der Waals surface area contributed by atoms with Crippen LogP contribution in [0.4, 0.5) is 11.4 Å². The number of para-hydroxylation sites is 2. The first-order valence-electron chi connectivity index (χ1n) is 12.0. The molecular formula is C26H33N3O5S. The van der Waals surface area contributed by atoms with Crippen molar-refractivity contribution in [2.24, 2.45) is 5.92 Å². The summed E-state index contributed by atoms with van der Waals surface area (Å²) in [6.07, 6.45) is 1.86. The molecule has 1 fully saturated rings. The first kappa shape index (κ1) is 25.2. The predicted octanol–water partition coefficient (Wildman–Crippen LogP) is 3.77. The van der Waals surface area contributed by atoms with E-state index in [9.17, 15) is 18.0 Å². The van der Waals surface area contributed by atoms with Gasteiger partial charge in [0.1, 0.15) is 12.3 Å². The number of nitrogens with one attached hydrogen (secondary N) is 1. The molecule has 0 unspecified atom stereocenters. The smallest absolute Gasteiger partial charge is 0.244 e. The second-order valence-electron chi connectivity index (χ2n) is 9.78. The zero-order valence-electron chi connectivity index (χ0n) is 20.7. The highest BCUT2D eigenvalue weighted by atomic mass is 32.2. The molecule has 188 valence electrons. The fraction of sp³-hybridized carbons (Fsp3) is 0.462. The van der Waals surface area contributed by atoms with Gasteiger partial charge >= 0.3 is 0 Å². The average Bonchev–Trinajstić information content (AvgIpc) is 3.00. The van der Waals surface area contributed by atoms with Crippen molar-refractivity contribution in [2.75, 3.05) is 36.5 Å². The minimum absolute atomic E-state index is 0.183. The summed E-state index contributed by atoms with van der Waals surface area (Å²) >= 11 is 0. The summed E-state index contributed by atoms with van der Waals surface area (Å²) in [5, 5.41) is 2.82. The van der Waals surface area contributed by atoms with E-state index in [2.05, 4.69) is 12.2 Å². The molecule has 0 spiro atoms. The van der Waals surface area contributed by atoms with Gasteiger partial charge in [-0.3, -0.25) is 9.59 Å². The fourth-order valence-electron chi connectivity index (χ4n) is 4.83. The number of benzene rings is 2. The van der Waals surface area contributed by atoms with Crippen LogP contribution in [0.15, 0.2) is 47.4 Å². The molecule has 2 aromatic carbocycles. The Morgan fingerprint density at radius 1 is 1.20 bits per heavy atom. The third-order valence-electron chi connectivity index (χ3n) is 6.73. The van der Waals surface area contributed by atoms with Crippen LogP contribution in [-0.2, 0) is 25.0 Å². The summed E-state index contributed by atoms with van der Waals surface area (Å²) in [5.74, 6) is 0.251. The zero-order chi connectivity index (χ0) is 25.4. The van der Waals surface area contributed by atoms with Crippen LogP contribution in [0.5, 0.6) is 5.75 Å². The molecule has 0 bridgehead atoms. The lowest BCUT2D eigenvalue weighted by Crippen LogP contribution is -2.40. The minimum Gasteiger partial charge on any atom is -0.492 e. The average molecular weight is 500 g/mol. The van der Waals surface area contributed by atoms with E-state index in [1.54, 1.807) is 44.2 Å². The van der Waals surface area contributed by atoms with Crippen molar-refractivity contribution < 1.29 is 22.7 Å². The van der Waals surface area contributed by atoms with Crippen LogP contribution in [0.1, 0.15) is 46.1 Å². The number of fused-ring (bicyclic) bond motifs is 1. The summed E-state index contributed by atoms with van der Waals surface area (Å²) in [5.41, 5.74) is 0.734. The Morgan fingerprint density at radius 3 is 2.66 bits per heavy atom. The molecule has 1 atom stereocenters. The van der Waals surface area contributed by atoms with E-state index in [-0.39, 0.29) is 23.3 Å². The highest BCUT2D eigenvalue weighted by molar-refractivity contribution is 7.89. The molecule has 2 aliphatic rings. The molecule has 0 radical (unpaired) electrons. The quantitative estimate of drug-likeness (QED) is 0.626. The number of carbonyl (C=O) groups excluding carboxylic acids is 2. The predicted molar refractivity (Wildman–Crippen MR) is 135 cm³/mol. The first-order chi connectivity index (χ1) is 16.6. The van der Waals surface area contributed by atoms with Crippen molar-refractivity contribution in [3.63, 3.8) is 0 Å². The number of piperidine rings is 1. The molecule has 8 nitrogen and oxygen atoms in total. The van der Waals surface area contributed by atoms with Crippen molar-refractivity contribution in [2.45, 2.75) is 50.8 Å². The molecule has 0 saturated carbocycles. The Morgan fingerprint density at radius 2 is 1.94 bits per heavy atom. The Balaban J connectivity index is 1.59. The summed E-state index contributed by atoms with van der Waals surface area (Å²) < 4.78 is 33.7. The normalized spacial score (nSPS) is 19.9. The summed E-state index contributed by atoms with van der Waals surface area (Å²) in [7, 11) is -3.67. The van der Waals surface area contributed by atoms with Crippen molar-refractivity contribution in [3.8, 4) is 5.75 Å². The van der Waals surface area contributed by atoms with Gasteiger partial charge in [0.2, 0.25) is 21.8 Å². The maximum absolute atomic E-state index is 13.3. The molecule has 35 heavy (non-hydrogen) atoms. The number of nitrogens with zero attached hydrogens (tertiary/aromatic N) is 2. The summed E-state index contributed by atoms with van der Waals surface area (Å²) in [6, 6.07) is 11.9. The molecule has 2 aliphatic heterocycles. The van der Waals surface area contributed by atoms with Crippen LogP contribution in [0.25, 0.3) is 0 Å². The lowest BCUT2D eigenvalue weighted by Gasteiger charge is -2.30. The van der Waals surface area contributed by atoms with Crippen molar-refractivity contribution in [1.82, 2.24) is 4.31 Å². The van der Waals surface area contributed by atoms with Gasteiger partial charge < -0.3 is 15.0 Å². The van der Waals surface area contributed by atoms with Gasteiger partial charge in [-0.25, -0.2) is 8.42 Å². The van der Waals surface area contributed by atoms with E-state index < -0.39 is 15.4 Å². The van der Waals surface area contributed by atoms with E-state index in [0.29, 0.717) is 48.3 Å². The Hall–Kier alpha value is -2.91. The van der Waals surface area contributed by atoms with Gasteiger partial charge in [0.25, 0.3) is 0 Å². The topological polar surface area (TPSA) is 96.0 Å². The molecule has 0 aromatic heterocycles. The molecular weight excluding hydrogens is 466 g/mol. The third-order valence-corrected chi connectivity index (χ3v) is 8.59. The number of amides is 2. The second-order valence-corrected chi connectivity index (χ2v) is 11.7. The van der Waals surface area contributed by atoms with Gasteiger partial charge in [0.05, 0.1) is 22.6 Å². The fourth-order valence-corrected chi connectivity index (χ4v) is 6.45. The van der Waals surface area contributed by atoms with Gasteiger partial charge in [-0.15, -0.1) is 0 Å². The molecule has 0 aliphatic carbocycles. The number of hydrogen-bond donors (Lipinski definition) is 1. The number of ether oxygens (including phenoxy) is 1. The summed E-state index contributed by atoms with van der Waals surface area (Å²) in [4.78, 5) is 27.8. The Bertz CT molecular complexity index is 1240. The highest BCUT2D eigenvalue weighted by Crippen LogP contribution is 2.43. The van der Waals surface area contributed by atoms with E-state index in [0.717, 1.165) is 12.8 Å². The van der Waals surface area contributed by atoms with Gasteiger partial charge in [-0.05, 0) is 75.4 Å². The summed E-state index contributed by atoms with van der Waals surface area (Å²) in [6.45, 7) is 8.71. The third kappa shape index (κ3) is 4.79. The van der Waals surface area contributed by atoms with Crippen LogP contribution >= 0.6 is 0 Å². The van der Waals surface area contributed by atoms with Crippen LogP contribution in [-0.4, -0.2) is 50.8 Å². The van der Waals surface area contributed by atoms with Crippen LogP contribution < -0.4 is 15.0 Å². The van der Waals surface area contributed by atoms with E-state index in [1.807, 2.05) is 13.0 Å². The van der Waals surface area contributed by atoms with Gasteiger partial charge in [0, 0.05) is 18.8 Å². The number of carbonyl (C=O) groups is 2. The molecule has 4 rings (SSSR count). The van der Waals surface area contributed by atoms with E-state index in [1.165, 1.54) is 15.3 Å². The van der Waals surface area contributed by atoms with E-state index >= 15 is 0 Å². The molecule has 2 amide bonds. The maximum atomic E-state index is 13.3. The molecule has 9 heteroatoms. The molecule has 1 N–H and O–H groups in total. The highest BCUT2D eigenvalue weighted by Gasteiger charge is 2.45. The van der Waals surface area contributed by atoms with Crippen molar-refractivity contribution >= 4 is 33.2 Å². The van der Waals surface area contributed by atoms with Gasteiger partial charge in [0.15, 0.2) is 0 Å². The zero-order valence-corrected chi connectivity index (χ0v) is 21.5. The van der Waals surface area contributed by atoms with Crippen LogP contribution in [0.2, 0.25) is 0 Å². The van der Waals surface area contributed by atoms with Crippen molar-refractivity contribution in [1.29, 1.82) is 0 Å². The Labute approximate surface area is 207 Å². The second kappa shape index (κ2) is 9.62. The lowest BCUT2D eigenvalue weighted by atomic mass is 9.86. The maximum Gasteiger partial charge on any atom is 0.244 e. The van der Waals surface area contributed by atoms with E-state index in [4.69, 9.17) is 4.74 Å². The molecule has 2 heterocycles. The SMILES string of the molecule is CCOc1ccccc1NC(=O)CN1C(=O)C(C)(C)c2cc(S(=O)(=O)N3CCC[C@@H](C)C3)ccc21. The number of sulfonamides is 1. The minimum atomic E-state index is -3.67. The molecule has 2 aromatic rings. The van der Waals surface area contributed by atoms with Crippen LogP contribution in [0, 0.1) is 5.92 Å².